The Kier molecular flexibility index (Phi) is 4.93. The van der Waals surface area contributed by atoms with Gasteiger partial charge in [0.15, 0.2) is 0 Å². The van der Waals surface area contributed by atoms with Crippen molar-refractivity contribution in [2.75, 3.05) is 19.6 Å². The van der Waals surface area contributed by atoms with Crippen molar-refractivity contribution in [1.29, 1.82) is 0 Å². The average molecular weight is 462 g/mol. The summed E-state index contributed by atoms with van der Waals surface area (Å²) in [5.74, 6) is -1.89. The van der Waals surface area contributed by atoms with E-state index in [0.717, 1.165) is 49.5 Å². The average Bonchev–Trinajstić information content (AvgIpc) is 3.41. The summed E-state index contributed by atoms with van der Waals surface area (Å²) in [6, 6.07) is 8.83. The topological polar surface area (TPSA) is 104 Å². The number of benzene rings is 1. The van der Waals surface area contributed by atoms with E-state index in [0.29, 0.717) is 17.7 Å². The number of rotatable bonds is 3. The van der Waals surface area contributed by atoms with Crippen LogP contribution in [0.15, 0.2) is 36.5 Å². The van der Waals surface area contributed by atoms with Crippen molar-refractivity contribution in [2.45, 2.75) is 50.4 Å². The van der Waals surface area contributed by atoms with Crippen LogP contribution >= 0.6 is 0 Å². The third-order valence-electron chi connectivity index (χ3n) is 7.83. The van der Waals surface area contributed by atoms with E-state index < -0.39 is 23.8 Å². The molecule has 9 nitrogen and oxygen atoms in total. The van der Waals surface area contributed by atoms with Gasteiger partial charge >= 0.3 is 0 Å². The second-order valence-corrected chi connectivity index (χ2v) is 9.62. The van der Waals surface area contributed by atoms with Crippen LogP contribution in [0.1, 0.15) is 57.7 Å². The van der Waals surface area contributed by atoms with Gasteiger partial charge in [0.2, 0.25) is 11.8 Å². The summed E-state index contributed by atoms with van der Waals surface area (Å²) in [5.41, 5.74) is 2.93. The third-order valence-corrected chi connectivity index (χ3v) is 7.83. The van der Waals surface area contributed by atoms with E-state index in [2.05, 4.69) is 38.4 Å². The minimum absolute atomic E-state index is 0.0510. The summed E-state index contributed by atoms with van der Waals surface area (Å²) in [4.78, 5) is 53.6. The van der Waals surface area contributed by atoms with Crippen LogP contribution in [-0.2, 0) is 28.2 Å². The van der Waals surface area contributed by atoms with Crippen LogP contribution in [0.5, 0.6) is 0 Å². The number of carbonyl (C=O) groups excluding carboxylic acids is 4. The molecule has 4 aliphatic heterocycles. The van der Waals surface area contributed by atoms with Crippen molar-refractivity contribution >= 4 is 23.6 Å². The molecule has 2 saturated heterocycles. The molecule has 4 aliphatic rings. The molecule has 0 aliphatic carbocycles. The van der Waals surface area contributed by atoms with Gasteiger partial charge in [-0.3, -0.25) is 34.3 Å². The van der Waals surface area contributed by atoms with Gasteiger partial charge in [-0.25, -0.2) is 0 Å². The summed E-state index contributed by atoms with van der Waals surface area (Å²) in [7, 11) is 0. The number of nitrogens with one attached hydrogen (secondary N) is 2. The number of piperidine rings is 2. The van der Waals surface area contributed by atoms with Gasteiger partial charge < -0.3 is 9.88 Å². The first-order valence-corrected chi connectivity index (χ1v) is 11.9. The van der Waals surface area contributed by atoms with Crippen LogP contribution in [0, 0.1) is 0 Å². The van der Waals surface area contributed by atoms with Crippen molar-refractivity contribution in [3.63, 3.8) is 0 Å². The van der Waals surface area contributed by atoms with Crippen LogP contribution in [0.3, 0.4) is 0 Å². The summed E-state index contributed by atoms with van der Waals surface area (Å²) < 4.78 is 2.35. The fourth-order valence-electron chi connectivity index (χ4n) is 6.12. The SMILES string of the molecule is O=C1CCC(N2C(=O)c3ccc(CN4CCn5cccc5C45CCNCC5)cc3C2=O)C(=O)N1. The number of hydrogen-bond acceptors (Lipinski definition) is 6. The molecule has 1 spiro atoms. The van der Waals surface area contributed by atoms with Crippen LogP contribution < -0.4 is 10.6 Å². The van der Waals surface area contributed by atoms with E-state index in [9.17, 15) is 19.2 Å². The zero-order valence-electron chi connectivity index (χ0n) is 18.9. The maximum Gasteiger partial charge on any atom is 0.262 e. The summed E-state index contributed by atoms with van der Waals surface area (Å²) in [6.45, 7) is 4.43. The van der Waals surface area contributed by atoms with Gasteiger partial charge in [-0.1, -0.05) is 6.07 Å². The van der Waals surface area contributed by atoms with Crippen molar-refractivity contribution in [1.82, 2.24) is 25.0 Å². The van der Waals surface area contributed by atoms with Crippen LogP contribution in [0.4, 0.5) is 0 Å². The molecule has 0 radical (unpaired) electrons. The molecule has 1 unspecified atom stereocenters. The monoisotopic (exact) mass is 461 g/mol. The highest BCUT2D eigenvalue weighted by Crippen LogP contribution is 2.41. The highest BCUT2D eigenvalue weighted by Gasteiger charge is 2.46. The van der Waals surface area contributed by atoms with Gasteiger partial charge in [0.1, 0.15) is 6.04 Å². The minimum atomic E-state index is -0.943. The van der Waals surface area contributed by atoms with Gasteiger partial charge in [-0.2, -0.15) is 0 Å². The summed E-state index contributed by atoms with van der Waals surface area (Å²) in [6.07, 6.45) is 4.46. The molecule has 0 bridgehead atoms. The maximum atomic E-state index is 13.2. The molecule has 1 aromatic heterocycles. The molecule has 176 valence electrons. The Morgan fingerprint density at radius 3 is 2.56 bits per heavy atom. The maximum absolute atomic E-state index is 13.2. The molecule has 9 heteroatoms. The lowest BCUT2D eigenvalue weighted by Gasteiger charge is -2.50. The molecule has 6 rings (SSSR count). The Morgan fingerprint density at radius 1 is 0.971 bits per heavy atom. The Bertz CT molecular complexity index is 1210. The lowest BCUT2D eigenvalue weighted by Crippen LogP contribution is -2.56. The molecular weight excluding hydrogens is 434 g/mol. The van der Waals surface area contributed by atoms with Crippen molar-refractivity contribution in [3.05, 3.63) is 58.9 Å². The van der Waals surface area contributed by atoms with E-state index in [4.69, 9.17) is 0 Å². The normalized spacial score (nSPS) is 24.4. The molecule has 34 heavy (non-hydrogen) atoms. The quantitative estimate of drug-likeness (QED) is 0.661. The summed E-state index contributed by atoms with van der Waals surface area (Å²) >= 11 is 0. The molecule has 5 heterocycles. The largest absolute Gasteiger partial charge is 0.348 e. The van der Waals surface area contributed by atoms with Gasteiger partial charge in [0.25, 0.3) is 11.8 Å². The minimum Gasteiger partial charge on any atom is -0.348 e. The van der Waals surface area contributed by atoms with Crippen molar-refractivity contribution < 1.29 is 19.2 Å². The fraction of sp³-hybridized carbons (Fsp3) is 0.440. The number of fused-ring (bicyclic) bond motifs is 3. The zero-order valence-corrected chi connectivity index (χ0v) is 18.9. The number of carbonyl (C=O) groups is 4. The number of imide groups is 2. The first-order valence-electron chi connectivity index (χ1n) is 11.9. The Morgan fingerprint density at radius 2 is 1.76 bits per heavy atom. The first-order chi connectivity index (χ1) is 16.5. The zero-order chi connectivity index (χ0) is 23.4. The number of aromatic nitrogens is 1. The predicted molar refractivity (Wildman–Crippen MR) is 122 cm³/mol. The van der Waals surface area contributed by atoms with Crippen molar-refractivity contribution in [3.8, 4) is 0 Å². The van der Waals surface area contributed by atoms with Gasteiger partial charge in [0, 0.05) is 37.9 Å². The first kappa shape index (κ1) is 21.2. The predicted octanol–water partition coefficient (Wildman–Crippen LogP) is 0.984. The smallest absolute Gasteiger partial charge is 0.262 e. The van der Waals surface area contributed by atoms with Crippen LogP contribution in [0.2, 0.25) is 0 Å². The lowest BCUT2D eigenvalue weighted by molar-refractivity contribution is -0.136. The standard InChI is InChI=1S/C25H27N5O4/c31-21-6-5-19(22(32)27-21)30-23(33)17-4-3-16(14-18(17)24(30)34)15-29-13-12-28-11-1-2-20(28)25(29)7-9-26-10-8-25/h1-4,11,14,19,26H,5-10,12-13,15H2,(H,27,31,32). The molecule has 1 atom stereocenters. The number of nitrogens with zero attached hydrogens (tertiary/aromatic N) is 3. The van der Waals surface area contributed by atoms with E-state index in [-0.39, 0.29) is 24.3 Å². The highest BCUT2D eigenvalue weighted by atomic mass is 16.2. The van der Waals surface area contributed by atoms with Crippen LogP contribution in [-0.4, -0.2) is 63.7 Å². The molecule has 2 fully saturated rings. The van der Waals surface area contributed by atoms with E-state index in [1.54, 1.807) is 6.07 Å². The van der Waals surface area contributed by atoms with Gasteiger partial charge in [0.05, 0.1) is 16.7 Å². The fourth-order valence-corrected chi connectivity index (χ4v) is 6.12. The highest BCUT2D eigenvalue weighted by molar-refractivity contribution is 6.23. The molecular formula is C25H27N5O4. The van der Waals surface area contributed by atoms with Gasteiger partial charge in [-0.05, 0) is 62.2 Å². The third kappa shape index (κ3) is 3.14. The second kappa shape index (κ2) is 7.89. The summed E-state index contributed by atoms with van der Waals surface area (Å²) in [5, 5.41) is 5.71. The Labute approximate surface area is 197 Å². The van der Waals surface area contributed by atoms with Crippen LogP contribution in [0.25, 0.3) is 0 Å². The number of amides is 4. The second-order valence-electron chi connectivity index (χ2n) is 9.62. The molecule has 2 aromatic rings. The van der Waals surface area contributed by atoms with Crippen molar-refractivity contribution in [2.24, 2.45) is 0 Å². The molecule has 2 N–H and O–H groups in total. The Hall–Kier alpha value is -3.30. The molecule has 1 aromatic carbocycles. The molecule has 4 amide bonds. The lowest BCUT2D eigenvalue weighted by atomic mass is 9.81. The Balaban J connectivity index is 1.28. The van der Waals surface area contributed by atoms with E-state index in [1.165, 1.54) is 5.69 Å². The van der Waals surface area contributed by atoms with E-state index in [1.807, 2.05) is 12.1 Å². The van der Waals surface area contributed by atoms with Gasteiger partial charge in [-0.15, -0.1) is 0 Å². The van der Waals surface area contributed by atoms with E-state index >= 15 is 0 Å². The number of hydrogen-bond donors (Lipinski definition) is 2. The molecule has 0 saturated carbocycles.